The first kappa shape index (κ1) is 13.4. The predicted molar refractivity (Wildman–Crippen MR) is 67.9 cm³/mol. The van der Waals surface area contributed by atoms with E-state index >= 15 is 0 Å². The molecule has 18 heavy (non-hydrogen) atoms. The zero-order valence-electron chi connectivity index (χ0n) is 11.2. The highest BCUT2D eigenvalue weighted by Gasteiger charge is 2.30. The Labute approximate surface area is 109 Å². The van der Waals surface area contributed by atoms with Crippen LogP contribution >= 0.6 is 0 Å². The van der Waals surface area contributed by atoms with Crippen molar-refractivity contribution in [2.75, 3.05) is 20.2 Å². The van der Waals surface area contributed by atoms with Crippen molar-refractivity contribution in [3.8, 4) is 0 Å². The second kappa shape index (κ2) is 6.21. The van der Waals surface area contributed by atoms with Gasteiger partial charge in [0.15, 0.2) is 0 Å². The summed E-state index contributed by atoms with van der Waals surface area (Å²) in [5.74, 6) is 0.524. The van der Waals surface area contributed by atoms with Gasteiger partial charge in [0, 0.05) is 19.5 Å². The molecule has 2 fully saturated rings. The molecule has 1 amide bonds. The molecule has 1 saturated carbocycles. The number of ether oxygens (including phenoxy) is 1. The van der Waals surface area contributed by atoms with E-state index in [1.54, 1.807) is 0 Å². The molecule has 2 aliphatic rings. The highest BCUT2D eigenvalue weighted by Crippen LogP contribution is 2.29. The van der Waals surface area contributed by atoms with Crippen LogP contribution in [0.15, 0.2) is 0 Å². The molecule has 0 N–H and O–H groups in total. The lowest BCUT2D eigenvalue weighted by atomic mass is 9.96. The van der Waals surface area contributed by atoms with Gasteiger partial charge in [-0.2, -0.15) is 0 Å². The molecular formula is C14H23NO3. The zero-order valence-corrected chi connectivity index (χ0v) is 11.2. The smallest absolute Gasteiger partial charge is 0.310 e. The first-order valence-corrected chi connectivity index (χ1v) is 7.06. The van der Waals surface area contributed by atoms with Gasteiger partial charge in [0.25, 0.3) is 0 Å². The molecule has 0 unspecified atom stereocenters. The fourth-order valence-electron chi connectivity index (χ4n) is 3.15. The van der Waals surface area contributed by atoms with E-state index < -0.39 is 0 Å². The number of methoxy groups -OCH3 is 1. The molecule has 2 rings (SSSR count). The van der Waals surface area contributed by atoms with Crippen molar-refractivity contribution in [3.05, 3.63) is 0 Å². The van der Waals surface area contributed by atoms with Gasteiger partial charge in [-0.15, -0.1) is 0 Å². The van der Waals surface area contributed by atoms with Gasteiger partial charge in [-0.25, -0.2) is 0 Å². The largest absolute Gasteiger partial charge is 0.469 e. The minimum absolute atomic E-state index is 0.115. The third-order valence-electron chi connectivity index (χ3n) is 4.25. The fourth-order valence-corrected chi connectivity index (χ4v) is 3.15. The molecule has 1 aliphatic heterocycles. The molecule has 0 aromatic rings. The summed E-state index contributed by atoms with van der Waals surface area (Å²) >= 11 is 0. The second-order valence-corrected chi connectivity index (χ2v) is 5.56. The lowest BCUT2D eigenvalue weighted by Crippen LogP contribution is -2.43. The van der Waals surface area contributed by atoms with Crippen LogP contribution in [0.1, 0.15) is 44.9 Å². The van der Waals surface area contributed by atoms with Crippen LogP contribution in [-0.2, 0) is 14.3 Å². The Kier molecular flexibility index (Phi) is 4.61. The van der Waals surface area contributed by atoms with Crippen LogP contribution in [0.4, 0.5) is 0 Å². The van der Waals surface area contributed by atoms with E-state index in [2.05, 4.69) is 0 Å². The number of rotatable bonds is 3. The summed E-state index contributed by atoms with van der Waals surface area (Å²) in [5.41, 5.74) is 0. The Morgan fingerprint density at radius 2 is 1.89 bits per heavy atom. The summed E-state index contributed by atoms with van der Waals surface area (Å²) in [6.07, 6.45) is 7.36. The van der Waals surface area contributed by atoms with Crippen molar-refractivity contribution in [1.29, 1.82) is 0 Å². The predicted octanol–water partition coefficient (Wildman–Crippen LogP) is 1.98. The Morgan fingerprint density at radius 3 is 2.56 bits per heavy atom. The molecule has 1 atom stereocenters. The number of likely N-dealkylation sites (tertiary alicyclic amines) is 1. The standard InChI is InChI=1S/C14H23NO3/c1-18-14(17)12-7-4-8-15(10-12)13(16)9-11-5-2-3-6-11/h11-12H,2-10H2,1H3/t12-/m0/s1. The zero-order chi connectivity index (χ0) is 13.0. The number of nitrogens with zero attached hydrogens (tertiary/aromatic N) is 1. The Balaban J connectivity index is 1.83. The lowest BCUT2D eigenvalue weighted by molar-refractivity contribution is -0.149. The molecular weight excluding hydrogens is 230 g/mol. The van der Waals surface area contributed by atoms with Gasteiger partial charge in [-0.3, -0.25) is 9.59 Å². The van der Waals surface area contributed by atoms with Gasteiger partial charge >= 0.3 is 5.97 Å². The molecule has 102 valence electrons. The van der Waals surface area contributed by atoms with Crippen LogP contribution in [0.25, 0.3) is 0 Å². The maximum atomic E-state index is 12.2. The Hall–Kier alpha value is -1.06. The van der Waals surface area contributed by atoms with Crippen LogP contribution in [0.2, 0.25) is 0 Å². The van der Waals surface area contributed by atoms with Crippen molar-refractivity contribution < 1.29 is 14.3 Å². The molecule has 1 heterocycles. The SMILES string of the molecule is COC(=O)[C@H]1CCCN(C(=O)CC2CCCC2)C1. The Morgan fingerprint density at radius 1 is 1.17 bits per heavy atom. The lowest BCUT2D eigenvalue weighted by Gasteiger charge is -2.32. The number of carbonyl (C=O) groups is 2. The number of carbonyl (C=O) groups excluding carboxylic acids is 2. The van der Waals surface area contributed by atoms with Crippen LogP contribution in [0.5, 0.6) is 0 Å². The maximum absolute atomic E-state index is 12.2. The average Bonchev–Trinajstić information content (AvgIpc) is 2.90. The van der Waals surface area contributed by atoms with Crippen molar-refractivity contribution >= 4 is 11.9 Å². The number of esters is 1. The normalized spacial score (nSPS) is 25.2. The van der Waals surface area contributed by atoms with E-state index in [9.17, 15) is 9.59 Å². The summed E-state index contributed by atoms with van der Waals surface area (Å²) < 4.78 is 4.77. The van der Waals surface area contributed by atoms with Gasteiger partial charge in [0.1, 0.15) is 0 Å². The minimum Gasteiger partial charge on any atom is -0.469 e. The molecule has 4 heteroatoms. The fraction of sp³-hybridized carbons (Fsp3) is 0.857. The average molecular weight is 253 g/mol. The van der Waals surface area contributed by atoms with Crippen LogP contribution in [0, 0.1) is 11.8 Å². The van der Waals surface area contributed by atoms with Crippen molar-refractivity contribution in [2.24, 2.45) is 11.8 Å². The molecule has 0 radical (unpaired) electrons. The van der Waals surface area contributed by atoms with Crippen LogP contribution < -0.4 is 0 Å². The third-order valence-corrected chi connectivity index (χ3v) is 4.25. The third kappa shape index (κ3) is 3.24. The van der Waals surface area contributed by atoms with Gasteiger partial charge in [0.05, 0.1) is 13.0 Å². The van der Waals surface area contributed by atoms with E-state index in [-0.39, 0.29) is 17.8 Å². The molecule has 0 bridgehead atoms. The van der Waals surface area contributed by atoms with E-state index in [4.69, 9.17) is 4.74 Å². The maximum Gasteiger partial charge on any atom is 0.310 e. The van der Waals surface area contributed by atoms with Crippen molar-refractivity contribution in [1.82, 2.24) is 4.90 Å². The van der Waals surface area contributed by atoms with E-state index in [1.807, 2.05) is 4.90 Å². The highest BCUT2D eigenvalue weighted by atomic mass is 16.5. The van der Waals surface area contributed by atoms with E-state index in [0.29, 0.717) is 18.9 Å². The summed E-state index contributed by atoms with van der Waals surface area (Å²) in [4.78, 5) is 25.6. The van der Waals surface area contributed by atoms with Crippen molar-refractivity contribution in [2.45, 2.75) is 44.9 Å². The molecule has 0 aromatic carbocycles. The summed E-state index contributed by atoms with van der Waals surface area (Å²) in [5, 5.41) is 0. The Bertz CT molecular complexity index is 310. The first-order valence-electron chi connectivity index (χ1n) is 7.06. The summed E-state index contributed by atoms with van der Waals surface area (Å²) in [7, 11) is 1.42. The molecule has 1 saturated heterocycles. The van der Waals surface area contributed by atoms with Gasteiger partial charge in [-0.1, -0.05) is 12.8 Å². The first-order chi connectivity index (χ1) is 8.70. The van der Waals surface area contributed by atoms with Crippen molar-refractivity contribution in [3.63, 3.8) is 0 Å². The minimum atomic E-state index is -0.173. The topological polar surface area (TPSA) is 46.6 Å². The van der Waals surface area contributed by atoms with Crippen LogP contribution in [0.3, 0.4) is 0 Å². The highest BCUT2D eigenvalue weighted by molar-refractivity contribution is 5.78. The van der Waals surface area contributed by atoms with Gasteiger partial charge in [-0.05, 0) is 31.6 Å². The number of piperidine rings is 1. The second-order valence-electron chi connectivity index (χ2n) is 5.56. The van der Waals surface area contributed by atoms with Crippen LogP contribution in [-0.4, -0.2) is 37.0 Å². The number of amides is 1. The number of hydrogen-bond donors (Lipinski definition) is 0. The molecule has 0 aromatic heterocycles. The van der Waals surface area contributed by atoms with Gasteiger partial charge in [0.2, 0.25) is 5.91 Å². The summed E-state index contributed by atoms with van der Waals surface area (Å²) in [6.45, 7) is 1.36. The quantitative estimate of drug-likeness (QED) is 0.722. The van der Waals surface area contributed by atoms with E-state index in [1.165, 1.54) is 32.8 Å². The van der Waals surface area contributed by atoms with Gasteiger partial charge < -0.3 is 9.64 Å². The monoisotopic (exact) mass is 253 g/mol. The molecule has 0 spiro atoms. The molecule has 1 aliphatic carbocycles. The van der Waals surface area contributed by atoms with E-state index in [0.717, 1.165) is 19.4 Å². The number of hydrogen-bond acceptors (Lipinski definition) is 3. The molecule has 4 nitrogen and oxygen atoms in total. The summed E-state index contributed by atoms with van der Waals surface area (Å²) in [6, 6.07) is 0.